The van der Waals surface area contributed by atoms with E-state index < -0.39 is 5.60 Å². The number of carbonyl (C=O) groups excluding carboxylic acids is 9. The van der Waals surface area contributed by atoms with Crippen LogP contribution < -0.4 is 10.6 Å². The molecule has 0 aromatic heterocycles. The summed E-state index contributed by atoms with van der Waals surface area (Å²) >= 11 is 0. The number of amides is 7. The van der Waals surface area contributed by atoms with Gasteiger partial charge in [0.1, 0.15) is 17.0 Å². The van der Waals surface area contributed by atoms with Gasteiger partial charge in [-0.25, -0.2) is 4.79 Å². The predicted octanol–water partition coefficient (Wildman–Crippen LogP) is 25.2. The maximum Gasteiger partial charge on any atom is 0.410 e. The maximum absolute atomic E-state index is 12.0. The fourth-order valence-electron chi connectivity index (χ4n) is 13.2. The van der Waals surface area contributed by atoms with Gasteiger partial charge in [0.15, 0.2) is 0 Å². The molecule has 0 aromatic carbocycles. The van der Waals surface area contributed by atoms with Crippen LogP contribution in [0, 0.1) is 82.9 Å². The van der Waals surface area contributed by atoms with Gasteiger partial charge in [0, 0.05) is 141 Å². The number of hydrogen-bond acceptors (Lipinski definition) is 19. The zero-order valence-corrected chi connectivity index (χ0v) is 109. The van der Waals surface area contributed by atoms with Gasteiger partial charge in [-0.15, -0.1) is 0 Å². The number of nitrogens with one attached hydrogen (secondary N) is 2. The van der Waals surface area contributed by atoms with Gasteiger partial charge < -0.3 is 63.9 Å². The lowest BCUT2D eigenvalue weighted by molar-refractivity contribution is -0.155. The van der Waals surface area contributed by atoms with Crippen molar-refractivity contribution in [3.8, 4) is 0 Å². The van der Waals surface area contributed by atoms with Crippen molar-refractivity contribution < 1.29 is 57.4 Å². The minimum Gasteiger partial charge on any atom is -0.460 e. The van der Waals surface area contributed by atoms with Gasteiger partial charge in [0.25, 0.3) is 0 Å². The third kappa shape index (κ3) is 161. The van der Waals surface area contributed by atoms with Gasteiger partial charge in [0.05, 0.1) is 45.9 Å². The molecule has 0 aromatic rings. The predicted molar refractivity (Wildman–Crippen MR) is 643 cm³/mol. The van der Waals surface area contributed by atoms with Crippen molar-refractivity contribution in [1.29, 1.82) is 0 Å². The molecular formula is C121H264N14O12. The van der Waals surface area contributed by atoms with Crippen molar-refractivity contribution in [3.63, 3.8) is 0 Å². The molecule has 0 unspecified atom stereocenters. The molecule has 0 heterocycles. The minimum atomic E-state index is -0.400. The molecule has 0 fully saturated rings. The number of unbranched alkanes of at least 4 members (excludes halogenated alkanes) is 2. The van der Waals surface area contributed by atoms with Crippen molar-refractivity contribution in [2.24, 2.45) is 82.9 Å². The highest BCUT2D eigenvalue weighted by Crippen LogP contribution is 2.16. The molecule has 0 saturated carbocycles. The fourth-order valence-corrected chi connectivity index (χ4v) is 13.2. The van der Waals surface area contributed by atoms with E-state index in [9.17, 15) is 43.2 Å². The summed E-state index contributed by atoms with van der Waals surface area (Å²) in [6, 6.07) is 0.236. The van der Waals surface area contributed by atoms with E-state index in [4.69, 9.17) is 14.2 Å². The first-order chi connectivity index (χ1) is 67.4. The topological polar surface area (TPSA) is 244 Å². The van der Waals surface area contributed by atoms with E-state index in [-0.39, 0.29) is 65.7 Å². The Hall–Kier alpha value is -5.09. The fraction of sp³-hybridized carbons (Fsp3) is 0.926. The molecule has 147 heavy (non-hydrogen) atoms. The van der Waals surface area contributed by atoms with E-state index in [1.54, 1.807) is 68.9 Å². The summed E-state index contributed by atoms with van der Waals surface area (Å²) in [5.41, 5.74) is -0.738. The summed E-state index contributed by atoms with van der Waals surface area (Å²) in [6.45, 7) is 114. The van der Waals surface area contributed by atoms with Gasteiger partial charge in [-0.2, -0.15) is 0 Å². The molecule has 0 saturated heterocycles. The SMILES string of the molecule is CC(=O)CCCCC(C)C.CC(C)C(C)C.CC(C)CCCCC(=O)OC(C)(C)C.CC(C)CCN(C)C(=O)OC(C)(C)C.CC(C)CN(C)C.CC(C)CN(C)CC(=O)NC(C)C.CCCC(C)C.CCCC(C)C.CCCN(CC(=O)N(C)C)CC(C)C.CCCNC(=O)CN(CCC)CC(C)C.CCN(CC(=O)N(C)C)C(=O)CN(C)CC(C)C.CCN(CC)CC(C)C.COCCN(CC(=O)N(C)C)CC(C)C. The van der Waals surface area contributed by atoms with Crippen LogP contribution in [0.5, 0.6) is 0 Å². The first-order valence-electron chi connectivity index (χ1n) is 57.9. The Balaban J connectivity index is -0.000000122. The molecule has 26 heteroatoms. The van der Waals surface area contributed by atoms with Crippen molar-refractivity contribution in [1.82, 2.24) is 69.4 Å². The Kier molecular flexibility index (Phi) is 128. The molecule has 0 rings (SSSR count). The van der Waals surface area contributed by atoms with E-state index in [0.717, 1.165) is 164 Å². The van der Waals surface area contributed by atoms with Crippen LogP contribution in [0.3, 0.4) is 0 Å². The first-order valence-corrected chi connectivity index (χ1v) is 57.9. The molecule has 7 amide bonds. The highest BCUT2D eigenvalue weighted by molar-refractivity contribution is 5.85. The Morgan fingerprint density at radius 1 is 0.306 bits per heavy atom. The Bertz CT molecular complexity index is 2880. The van der Waals surface area contributed by atoms with Gasteiger partial charge in [0.2, 0.25) is 35.4 Å². The molecular weight excluding hydrogens is 1840 g/mol. The number of carbonyl (C=O) groups is 9. The van der Waals surface area contributed by atoms with E-state index in [0.29, 0.717) is 93.6 Å². The van der Waals surface area contributed by atoms with Crippen LogP contribution >= 0.6 is 0 Å². The summed E-state index contributed by atoms with van der Waals surface area (Å²) in [5.74, 6) is 11.0. The van der Waals surface area contributed by atoms with Crippen LogP contribution in [-0.2, 0) is 52.6 Å². The number of esters is 1. The third-order valence-electron chi connectivity index (χ3n) is 20.9. The summed E-state index contributed by atoms with van der Waals surface area (Å²) in [5, 5.41) is 5.78. The molecule has 0 aliphatic heterocycles. The second kappa shape index (κ2) is 111. The molecule has 0 bridgehead atoms. The lowest BCUT2D eigenvalue weighted by atomic mass is 10.0. The third-order valence-corrected chi connectivity index (χ3v) is 20.9. The monoisotopic (exact) mass is 2110 g/mol. The van der Waals surface area contributed by atoms with Crippen LogP contribution in [0.15, 0.2) is 0 Å². The number of methoxy groups -OCH3 is 1. The van der Waals surface area contributed by atoms with E-state index in [1.165, 1.54) is 76.0 Å². The number of likely N-dealkylation sites (N-methyl/N-ethyl adjacent to an activating group) is 6. The standard InChI is InChI=1S/C13H27N3O2.C12H26N2O.C12H24O2.C11H24N2O2.C11H24N2O.C11H23NO2.C10H22N2O.C9H18O.C8H19N.C6H15N.3C6H14/c1-7-16(10-12(17)14(4)5)13(18)9-15(6)8-11(2)3;1-5-7-13-12(15)10-14(8-6-2)9-11(3)4;1-10(2)8-6-7-9-11(13)14-12(3,4)5;1-10(2)8-13(6-7-15-5)9-11(14)12(3)4;1-6-7-13(8-10(2)3)9-11(14)12(4)5;1-9(2)7-8-12(6)10(13)14-11(3,4)5;1-8(2)6-12(5)7-10(13)11-9(3)4;1-8(2)6-4-5-7-9(3)10;1-5-9(6-2)7-8(3)4;1-6(2)5-7(3)4;1-5(2)6(3)4;2*1-4-5-6(2)3/h11H,7-10H2,1-6H3;11H,5-10H2,1-4H3,(H,13,15);10H,6-9H2,1-5H3;10H,6-9H2,1-5H3;10H,6-9H2,1-5H3;9H,7-8H2,1-6H3;8-9H,6-7H2,1-5H3,(H,11,13);8H,4-7H2,1-3H3;8H,5-7H2,1-4H3;6H,5H2,1-4H3;5-6H,1-4H3;2*6H,4-5H2,1-3H3. The number of Topliss-reactive ketones (excluding diaryl/α,β-unsaturated/α-hetero) is 1. The first kappa shape index (κ1) is 170. The van der Waals surface area contributed by atoms with E-state index in [1.807, 2.05) is 100 Å². The summed E-state index contributed by atoms with van der Waals surface area (Å²) in [7, 11) is 22.1. The zero-order chi connectivity index (χ0) is 118. The Labute approximate surface area is 918 Å². The normalized spacial score (nSPS) is 11.1. The molecule has 0 atom stereocenters. The Morgan fingerprint density at radius 2 is 0.639 bits per heavy atom. The van der Waals surface area contributed by atoms with E-state index >= 15 is 0 Å². The maximum atomic E-state index is 12.0. The molecule has 0 spiro atoms. The summed E-state index contributed by atoms with van der Waals surface area (Å²) in [4.78, 5) is 126. The average Bonchev–Trinajstić information content (AvgIpc) is 0.912. The zero-order valence-electron chi connectivity index (χ0n) is 109. The molecule has 0 aliphatic carbocycles. The number of hydrogen-bond donors (Lipinski definition) is 2. The molecule has 0 aliphatic rings. The van der Waals surface area contributed by atoms with Crippen LogP contribution in [0.2, 0.25) is 0 Å². The molecule has 0 radical (unpaired) electrons. The second-order valence-electron chi connectivity index (χ2n) is 48.9. The lowest BCUT2D eigenvalue weighted by Gasteiger charge is -2.25. The number of rotatable bonds is 57. The van der Waals surface area contributed by atoms with Gasteiger partial charge >= 0.3 is 12.1 Å². The smallest absolute Gasteiger partial charge is 0.410 e. The number of ether oxygens (including phenoxy) is 3. The van der Waals surface area contributed by atoms with Gasteiger partial charge in [-0.05, 0) is 252 Å². The number of ketones is 1. The van der Waals surface area contributed by atoms with Gasteiger partial charge in [-0.3, -0.25) is 58.1 Å². The average molecular weight is 2110 g/mol. The highest BCUT2D eigenvalue weighted by atomic mass is 16.6. The largest absolute Gasteiger partial charge is 0.460 e. The number of nitrogens with zero attached hydrogens (tertiary/aromatic N) is 12. The van der Waals surface area contributed by atoms with Crippen LogP contribution in [-0.4, -0.2) is 358 Å². The summed E-state index contributed by atoms with van der Waals surface area (Å²) < 4.78 is 15.5. The molecule has 2 N–H and O–H groups in total. The quantitative estimate of drug-likeness (QED) is 0.0424. The second-order valence-corrected chi connectivity index (χ2v) is 48.9. The Morgan fingerprint density at radius 3 is 0.898 bits per heavy atom. The lowest BCUT2D eigenvalue weighted by Crippen LogP contribution is -2.44. The van der Waals surface area contributed by atoms with Crippen molar-refractivity contribution >= 4 is 53.3 Å². The van der Waals surface area contributed by atoms with Crippen molar-refractivity contribution in [2.75, 3.05) is 229 Å². The van der Waals surface area contributed by atoms with Gasteiger partial charge in [-0.1, -0.05) is 294 Å². The molecule has 890 valence electrons. The van der Waals surface area contributed by atoms with Crippen LogP contribution in [0.25, 0.3) is 0 Å². The highest BCUT2D eigenvalue weighted by Gasteiger charge is 2.23. The van der Waals surface area contributed by atoms with Crippen LogP contribution in [0.1, 0.15) is 414 Å². The van der Waals surface area contributed by atoms with Crippen molar-refractivity contribution in [3.05, 3.63) is 0 Å². The van der Waals surface area contributed by atoms with E-state index in [2.05, 4.69) is 292 Å². The molecule has 26 nitrogen and oxygen atoms in total. The summed E-state index contributed by atoms with van der Waals surface area (Å²) in [6.07, 6.45) is 17.5. The van der Waals surface area contributed by atoms with Crippen LogP contribution in [0.4, 0.5) is 4.79 Å². The minimum absolute atomic E-state index is 0.0100. The van der Waals surface area contributed by atoms with Crippen molar-refractivity contribution in [2.45, 2.75) is 432 Å².